The first-order chi connectivity index (χ1) is 8.90. The van der Waals surface area contributed by atoms with Gasteiger partial charge in [0.2, 0.25) is 0 Å². The molecule has 0 aliphatic carbocycles. The predicted molar refractivity (Wildman–Crippen MR) is 67.5 cm³/mol. The number of aliphatic hydroxyl groups is 2. The lowest BCUT2D eigenvalue weighted by molar-refractivity contribution is -0.273. The van der Waals surface area contributed by atoms with Gasteiger partial charge >= 0.3 is 5.97 Å². The Morgan fingerprint density at radius 3 is 2.79 bits per heavy atom. The minimum atomic E-state index is -0.970. The van der Waals surface area contributed by atoms with Crippen LogP contribution in [0.2, 0.25) is 0 Å². The molecule has 6 nitrogen and oxygen atoms in total. The summed E-state index contributed by atoms with van der Waals surface area (Å²) in [7, 11) is 0. The Balaban J connectivity index is 2.31. The SMILES string of the molecule is CC1OC(O[C@H](C)CC/C=C/C(=O)O)C(O)CC1O. The van der Waals surface area contributed by atoms with Crippen LogP contribution >= 0.6 is 0 Å². The van der Waals surface area contributed by atoms with Gasteiger partial charge < -0.3 is 24.8 Å². The van der Waals surface area contributed by atoms with Crippen LogP contribution in [-0.2, 0) is 14.3 Å². The van der Waals surface area contributed by atoms with Crippen molar-refractivity contribution >= 4 is 5.97 Å². The molecule has 1 saturated heterocycles. The predicted octanol–water partition coefficient (Wildman–Crippen LogP) is 0.669. The number of aliphatic carboxylic acids is 1. The zero-order valence-electron chi connectivity index (χ0n) is 11.2. The third-order valence-electron chi connectivity index (χ3n) is 3.05. The van der Waals surface area contributed by atoms with Crippen LogP contribution in [0.25, 0.3) is 0 Å². The monoisotopic (exact) mass is 274 g/mol. The fourth-order valence-electron chi connectivity index (χ4n) is 1.88. The maximum Gasteiger partial charge on any atom is 0.327 e. The van der Waals surface area contributed by atoms with Crippen molar-refractivity contribution in [3.63, 3.8) is 0 Å². The summed E-state index contributed by atoms with van der Waals surface area (Å²) < 4.78 is 11.0. The fourth-order valence-corrected chi connectivity index (χ4v) is 1.88. The minimum Gasteiger partial charge on any atom is -0.478 e. The lowest BCUT2D eigenvalue weighted by Gasteiger charge is -2.36. The van der Waals surface area contributed by atoms with Gasteiger partial charge in [-0.25, -0.2) is 4.79 Å². The second kappa shape index (κ2) is 7.59. The van der Waals surface area contributed by atoms with Crippen molar-refractivity contribution in [3.8, 4) is 0 Å². The van der Waals surface area contributed by atoms with Crippen LogP contribution < -0.4 is 0 Å². The largest absolute Gasteiger partial charge is 0.478 e. The van der Waals surface area contributed by atoms with E-state index in [1.54, 1.807) is 13.0 Å². The molecule has 6 heteroatoms. The Bertz CT molecular complexity index is 316. The third kappa shape index (κ3) is 5.69. The van der Waals surface area contributed by atoms with E-state index >= 15 is 0 Å². The molecular formula is C13H22O6. The molecule has 0 aromatic heterocycles. The zero-order chi connectivity index (χ0) is 14.4. The van der Waals surface area contributed by atoms with Crippen LogP contribution in [0, 0.1) is 0 Å². The van der Waals surface area contributed by atoms with Gasteiger partial charge in [-0.3, -0.25) is 0 Å². The average molecular weight is 274 g/mol. The molecule has 4 unspecified atom stereocenters. The van der Waals surface area contributed by atoms with Gasteiger partial charge in [-0.2, -0.15) is 0 Å². The quantitative estimate of drug-likeness (QED) is 0.616. The average Bonchev–Trinajstić information content (AvgIpc) is 2.31. The summed E-state index contributed by atoms with van der Waals surface area (Å²) in [5.74, 6) is -0.970. The minimum absolute atomic E-state index is 0.166. The van der Waals surface area contributed by atoms with E-state index in [0.29, 0.717) is 12.8 Å². The summed E-state index contributed by atoms with van der Waals surface area (Å²) >= 11 is 0. The smallest absolute Gasteiger partial charge is 0.327 e. The van der Waals surface area contributed by atoms with E-state index < -0.39 is 24.5 Å². The summed E-state index contributed by atoms with van der Waals surface area (Å²) in [5, 5.41) is 27.7. The maximum absolute atomic E-state index is 10.3. The number of hydrogen-bond donors (Lipinski definition) is 3. The van der Waals surface area contributed by atoms with E-state index in [2.05, 4.69) is 0 Å². The Labute approximate surface area is 112 Å². The highest BCUT2D eigenvalue weighted by Gasteiger charge is 2.35. The van der Waals surface area contributed by atoms with E-state index in [9.17, 15) is 15.0 Å². The van der Waals surface area contributed by atoms with Gasteiger partial charge in [-0.15, -0.1) is 0 Å². The van der Waals surface area contributed by atoms with Crippen LogP contribution in [0.4, 0.5) is 0 Å². The van der Waals surface area contributed by atoms with Crippen LogP contribution in [-0.4, -0.2) is 52.0 Å². The van der Waals surface area contributed by atoms with Crippen molar-refractivity contribution < 1.29 is 29.6 Å². The van der Waals surface area contributed by atoms with Gasteiger partial charge in [-0.1, -0.05) is 6.08 Å². The van der Waals surface area contributed by atoms with Crippen molar-refractivity contribution in [3.05, 3.63) is 12.2 Å². The number of allylic oxidation sites excluding steroid dienone is 1. The highest BCUT2D eigenvalue weighted by Crippen LogP contribution is 2.22. The summed E-state index contributed by atoms with van der Waals surface area (Å²) in [6.45, 7) is 3.56. The number of aliphatic hydroxyl groups excluding tert-OH is 2. The second-order valence-electron chi connectivity index (χ2n) is 4.84. The van der Waals surface area contributed by atoms with Crippen molar-refractivity contribution in [1.29, 1.82) is 0 Å². The number of carbonyl (C=O) groups is 1. The van der Waals surface area contributed by atoms with Crippen LogP contribution in [0.15, 0.2) is 12.2 Å². The lowest BCUT2D eigenvalue weighted by atomic mass is 10.0. The summed E-state index contributed by atoms with van der Waals surface area (Å²) in [6.07, 6.45) is 1.31. The number of carboxylic acids is 1. The number of rotatable bonds is 6. The summed E-state index contributed by atoms with van der Waals surface area (Å²) in [4.78, 5) is 10.3. The standard InChI is InChI=1S/C13H22O6/c1-8(5-3-4-6-12(16)17)18-13-11(15)7-10(14)9(2)19-13/h4,6,8-11,13-15H,3,5,7H2,1-2H3,(H,16,17)/b6-4+/t8-,9?,10?,11?,13?/m1/s1. The highest BCUT2D eigenvalue weighted by atomic mass is 16.7. The molecule has 0 radical (unpaired) electrons. The van der Waals surface area contributed by atoms with Crippen LogP contribution in [0.5, 0.6) is 0 Å². The first-order valence-electron chi connectivity index (χ1n) is 6.46. The molecule has 1 aliphatic rings. The molecule has 0 amide bonds. The second-order valence-corrected chi connectivity index (χ2v) is 4.84. The fraction of sp³-hybridized carbons (Fsp3) is 0.769. The van der Waals surface area contributed by atoms with Crippen LogP contribution in [0.1, 0.15) is 33.1 Å². The molecule has 0 spiro atoms. The van der Waals surface area contributed by atoms with Gasteiger partial charge in [-0.05, 0) is 26.7 Å². The number of hydrogen-bond acceptors (Lipinski definition) is 5. The topological polar surface area (TPSA) is 96.2 Å². The van der Waals surface area contributed by atoms with E-state index in [0.717, 1.165) is 6.08 Å². The Kier molecular flexibility index (Phi) is 6.44. The number of ether oxygens (including phenoxy) is 2. The molecule has 1 heterocycles. The van der Waals surface area contributed by atoms with Crippen molar-refractivity contribution in [1.82, 2.24) is 0 Å². The van der Waals surface area contributed by atoms with Gasteiger partial charge in [0.25, 0.3) is 0 Å². The van der Waals surface area contributed by atoms with Gasteiger partial charge in [0, 0.05) is 12.5 Å². The highest BCUT2D eigenvalue weighted by molar-refractivity contribution is 5.79. The normalized spacial score (nSPS) is 33.5. The van der Waals surface area contributed by atoms with E-state index in [4.69, 9.17) is 14.6 Å². The molecule has 1 rings (SSSR count). The first-order valence-corrected chi connectivity index (χ1v) is 6.46. The molecule has 0 aromatic rings. The Morgan fingerprint density at radius 1 is 1.47 bits per heavy atom. The van der Waals surface area contributed by atoms with Crippen molar-refractivity contribution in [2.24, 2.45) is 0 Å². The Hall–Kier alpha value is -0.950. The van der Waals surface area contributed by atoms with E-state index in [-0.39, 0.29) is 18.6 Å². The molecule has 5 atom stereocenters. The summed E-state index contributed by atoms with van der Waals surface area (Å²) in [5.41, 5.74) is 0. The molecule has 0 aromatic carbocycles. The molecule has 1 aliphatic heterocycles. The maximum atomic E-state index is 10.3. The lowest BCUT2D eigenvalue weighted by Crippen LogP contribution is -2.48. The van der Waals surface area contributed by atoms with Crippen molar-refractivity contribution in [2.75, 3.05) is 0 Å². The van der Waals surface area contributed by atoms with Gasteiger partial charge in [0.05, 0.1) is 18.3 Å². The zero-order valence-corrected chi connectivity index (χ0v) is 11.2. The third-order valence-corrected chi connectivity index (χ3v) is 3.05. The van der Waals surface area contributed by atoms with E-state index in [1.807, 2.05) is 6.92 Å². The first kappa shape index (κ1) is 16.1. The Morgan fingerprint density at radius 2 is 2.16 bits per heavy atom. The molecular weight excluding hydrogens is 252 g/mol. The molecule has 0 bridgehead atoms. The van der Waals surface area contributed by atoms with Crippen molar-refractivity contribution in [2.45, 2.75) is 63.8 Å². The van der Waals surface area contributed by atoms with Gasteiger partial charge in [0.15, 0.2) is 6.29 Å². The van der Waals surface area contributed by atoms with Crippen LogP contribution in [0.3, 0.4) is 0 Å². The number of carboxylic acid groups (broad SMARTS) is 1. The molecule has 1 fully saturated rings. The van der Waals surface area contributed by atoms with Gasteiger partial charge in [0.1, 0.15) is 6.10 Å². The molecule has 110 valence electrons. The molecule has 19 heavy (non-hydrogen) atoms. The van der Waals surface area contributed by atoms with E-state index in [1.165, 1.54) is 0 Å². The molecule has 0 saturated carbocycles. The molecule has 3 N–H and O–H groups in total. The summed E-state index contributed by atoms with van der Waals surface area (Å²) in [6, 6.07) is 0.